The standard InChI is InChI=1S/C47H43N5O.Pt/c1-29(2)39-28-53-45(50-39)31-22-30(38-16-12-13-20-48-38)23-33(24-31)51-41-18-11-9-15-36(41)47(6,7)37-26-35-34-14-8-10-17-40(34)52(42(35)27-43(37)51)44-25-32(19-21-49-44)46(3,4)5;/h8-23,25-26,29,39H,28H2,1-7H3;/q-2;+2/t39-;/m0./s1. The van der Waals surface area contributed by atoms with Crippen LogP contribution in [0.3, 0.4) is 0 Å². The van der Waals surface area contributed by atoms with E-state index in [0.717, 1.165) is 56.1 Å². The first-order chi connectivity index (χ1) is 25.5. The normalized spacial score (nSPS) is 16.2. The van der Waals surface area contributed by atoms with Gasteiger partial charge in [0.05, 0.1) is 18.3 Å². The summed E-state index contributed by atoms with van der Waals surface area (Å²) in [4.78, 5) is 17.1. The van der Waals surface area contributed by atoms with Gasteiger partial charge in [0.25, 0.3) is 0 Å². The number of anilines is 3. The molecule has 0 saturated carbocycles. The number of hydrogen-bond acceptors (Lipinski definition) is 5. The molecule has 0 radical (unpaired) electrons. The van der Waals surface area contributed by atoms with Gasteiger partial charge in [-0.25, -0.2) is 4.98 Å². The van der Waals surface area contributed by atoms with Crippen LogP contribution in [0.2, 0.25) is 0 Å². The summed E-state index contributed by atoms with van der Waals surface area (Å²) >= 11 is 0. The van der Waals surface area contributed by atoms with E-state index >= 15 is 0 Å². The smallest absolute Gasteiger partial charge is 0.518 e. The number of nitrogens with zero attached hydrogens (tertiary/aromatic N) is 5. The van der Waals surface area contributed by atoms with Crippen LogP contribution < -0.4 is 4.90 Å². The minimum absolute atomic E-state index is 0. The summed E-state index contributed by atoms with van der Waals surface area (Å²) in [7, 11) is 0. The summed E-state index contributed by atoms with van der Waals surface area (Å²) < 4.78 is 8.55. The average Bonchev–Trinajstić information content (AvgIpc) is 3.78. The summed E-state index contributed by atoms with van der Waals surface area (Å²) in [6, 6.07) is 42.3. The molecule has 0 saturated heterocycles. The van der Waals surface area contributed by atoms with Gasteiger partial charge < -0.3 is 14.2 Å². The second kappa shape index (κ2) is 13.4. The van der Waals surface area contributed by atoms with Crippen LogP contribution in [0.4, 0.5) is 17.1 Å². The quantitative estimate of drug-likeness (QED) is 0.162. The molecule has 0 amide bonds. The van der Waals surface area contributed by atoms with Gasteiger partial charge in [-0.2, -0.15) is 6.07 Å². The molecule has 272 valence electrons. The second-order valence-corrected chi connectivity index (χ2v) is 16.2. The Morgan fingerprint density at radius 3 is 2.35 bits per heavy atom. The molecule has 2 aliphatic heterocycles. The Morgan fingerprint density at radius 1 is 0.815 bits per heavy atom. The molecule has 1 atom stereocenters. The van der Waals surface area contributed by atoms with Gasteiger partial charge in [-0.1, -0.05) is 113 Å². The van der Waals surface area contributed by atoms with E-state index in [0.29, 0.717) is 18.4 Å². The molecule has 4 aromatic carbocycles. The van der Waals surface area contributed by atoms with E-state index in [1.165, 1.54) is 22.1 Å². The van der Waals surface area contributed by atoms with Crippen molar-refractivity contribution >= 4 is 44.8 Å². The van der Waals surface area contributed by atoms with Crippen molar-refractivity contribution in [3.63, 3.8) is 0 Å². The van der Waals surface area contributed by atoms with Crippen LogP contribution in [0, 0.1) is 18.1 Å². The van der Waals surface area contributed by atoms with Crippen LogP contribution in [-0.4, -0.2) is 33.1 Å². The van der Waals surface area contributed by atoms with Gasteiger partial charge in [0, 0.05) is 23.6 Å². The van der Waals surface area contributed by atoms with Crippen molar-refractivity contribution in [2.24, 2.45) is 10.9 Å². The summed E-state index contributed by atoms with van der Waals surface area (Å²) in [6.07, 6.45) is 3.77. The zero-order valence-corrected chi connectivity index (χ0v) is 34.0. The largest absolute Gasteiger partial charge is 2.00 e. The number of benzene rings is 4. The minimum Gasteiger partial charge on any atom is -0.518 e. The van der Waals surface area contributed by atoms with Gasteiger partial charge >= 0.3 is 21.1 Å². The maximum absolute atomic E-state index is 6.27. The topological polar surface area (TPSA) is 55.5 Å². The Kier molecular flexibility index (Phi) is 8.89. The van der Waals surface area contributed by atoms with E-state index in [4.69, 9.17) is 19.7 Å². The van der Waals surface area contributed by atoms with Crippen molar-refractivity contribution in [1.29, 1.82) is 0 Å². The molecule has 0 N–H and O–H groups in total. The molecule has 0 unspecified atom stereocenters. The molecule has 9 rings (SSSR count). The number of para-hydroxylation sites is 2. The van der Waals surface area contributed by atoms with Crippen molar-refractivity contribution in [1.82, 2.24) is 14.5 Å². The van der Waals surface area contributed by atoms with E-state index in [-0.39, 0.29) is 37.9 Å². The molecule has 7 aromatic rings. The summed E-state index contributed by atoms with van der Waals surface area (Å²) in [5.41, 5.74) is 11.0. The zero-order chi connectivity index (χ0) is 36.6. The molecule has 5 heterocycles. The molecule has 6 nitrogen and oxygen atoms in total. The summed E-state index contributed by atoms with van der Waals surface area (Å²) in [5, 5.41) is 2.32. The van der Waals surface area contributed by atoms with E-state index in [1.807, 2.05) is 30.6 Å². The van der Waals surface area contributed by atoms with Crippen LogP contribution in [0.5, 0.6) is 0 Å². The van der Waals surface area contributed by atoms with Crippen LogP contribution in [-0.2, 0) is 36.6 Å². The summed E-state index contributed by atoms with van der Waals surface area (Å²) in [6.45, 7) is 16.3. The number of aromatic nitrogens is 3. The monoisotopic (exact) mass is 888 g/mol. The molecule has 0 aliphatic carbocycles. The predicted octanol–water partition coefficient (Wildman–Crippen LogP) is 11.0. The molecule has 0 spiro atoms. The van der Waals surface area contributed by atoms with Gasteiger partial charge in [-0.05, 0) is 75.3 Å². The first kappa shape index (κ1) is 35.9. The number of hydrogen-bond donors (Lipinski definition) is 0. The maximum atomic E-state index is 6.27. The number of pyridine rings is 2. The Hall–Kier alpha value is -5.06. The third kappa shape index (κ3) is 5.87. The van der Waals surface area contributed by atoms with E-state index in [1.54, 1.807) is 0 Å². The van der Waals surface area contributed by atoms with E-state index in [9.17, 15) is 0 Å². The van der Waals surface area contributed by atoms with Gasteiger partial charge in [0.1, 0.15) is 11.7 Å². The minimum atomic E-state index is -0.314. The van der Waals surface area contributed by atoms with Crippen molar-refractivity contribution in [2.45, 2.75) is 65.3 Å². The van der Waals surface area contributed by atoms with E-state index in [2.05, 4.69) is 149 Å². The Balaban J connectivity index is 0.00000413. The van der Waals surface area contributed by atoms with Gasteiger partial charge in [0.15, 0.2) is 0 Å². The van der Waals surface area contributed by atoms with Crippen LogP contribution >= 0.6 is 0 Å². The van der Waals surface area contributed by atoms with Crippen molar-refractivity contribution < 1.29 is 25.8 Å². The molecule has 3 aromatic heterocycles. The molecule has 54 heavy (non-hydrogen) atoms. The van der Waals surface area contributed by atoms with E-state index < -0.39 is 0 Å². The van der Waals surface area contributed by atoms with Crippen LogP contribution in [0.25, 0.3) is 38.9 Å². The first-order valence-electron chi connectivity index (χ1n) is 18.6. The molecular formula is C47H43N5OPt. The maximum Gasteiger partial charge on any atom is 2.00 e. The molecule has 0 fully saturated rings. The second-order valence-electron chi connectivity index (χ2n) is 16.2. The molecule has 7 heteroatoms. The van der Waals surface area contributed by atoms with Gasteiger partial charge in [-0.15, -0.1) is 35.2 Å². The van der Waals surface area contributed by atoms with Gasteiger partial charge in [0.2, 0.25) is 0 Å². The number of ether oxygens (including phenoxy) is 1. The Morgan fingerprint density at radius 2 is 1.59 bits per heavy atom. The third-order valence-electron chi connectivity index (χ3n) is 11.0. The Bertz CT molecular complexity index is 2580. The summed E-state index contributed by atoms with van der Waals surface area (Å²) in [5.74, 6) is 1.87. The fourth-order valence-corrected chi connectivity index (χ4v) is 7.89. The first-order valence-corrected chi connectivity index (χ1v) is 18.6. The average molecular weight is 889 g/mol. The van der Waals surface area contributed by atoms with Crippen molar-refractivity contribution in [2.75, 3.05) is 11.5 Å². The van der Waals surface area contributed by atoms with Crippen molar-refractivity contribution in [3.8, 4) is 17.1 Å². The number of aliphatic imine (C=N–C) groups is 1. The van der Waals surface area contributed by atoms with Crippen molar-refractivity contribution in [3.05, 3.63) is 144 Å². The fraction of sp³-hybridized carbons (Fsp3) is 0.255. The van der Waals surface area contributed by atoms with Gasteiger partial charge in [-0.3, -0.25) is 9.98 Å². The fourth-order valence-electron chi connectivity index (χ4n) is 7.89. The predicted molar refractivity (Wildman–Crippen MR) is 216 cm³/mol. The number of rotatable bonds is 5. The third-order valence-corrected chi connectivity index (χ3v) is 11.0. The number of fused-ring (bicyclic) bond motifs is 5. The van der Waals surface area contributed by atoms with Crippen LogP contribution in [0.15, 0.2) is 114 Å². The molecule has 2 aliphatic rings. The van der Waals surface area contributed by atoms with Crippen LogP contribution in [0.1, 0.15) is 70.7 Å². The molecule has 0 bridgehead atoms. The molecular weight excluding hydrogens is 846 g/mol. The zero-order valence-electron chi connectivity index (χ0n) is 31.7. The Labute approximate surface area is 332 Å². The SMILES string of the molecule is CC(C)[C@@H]1COC(c2[c-]c(N3c4[c-]c5c(cc4C(C)(C)c4ccccc43)c3ccccc3n5-c3cc(C(C)(C)C)ccn3)cc(-c3ccccn3)c2)=N1.[Pt+2].